The second-order valence-corrected chi connectivity index (χ2v) is 3.93. The third-order valence-corrected chi connectivity index (χ3v) is 2.05. The summed E-state index contributed by atoms with van der Waals surface area (Å²) in [5.41, 5.74) is 0. The van der Waals surface area contributed by atoms with E-state index in [4.69, 9.17) is 0 Å². The molecule has 0 aliphatic rings. The van der Waals surface area contributed by atoms with Crippen LogP contribution in [0, 0.1) is 0 Å². The van der Waals surface area contributed by atoms with Crippen molar-refractivity contribution < 1.29 is 0 Å². The minimum absolute atomic E-state index is 0.634. The van der Waals surface area contributed by atoms with E-state index in [1.807, 2.05) is 0 Å². The Labute approximate surface area is 78.5 Å². The molecule has 0 aromatic carbocycles. The maximum Gasteiger partial charge on any atom is 0.0101 e. The van der Waals surface area contributed by atoms with Crippen LogP contribution in [0.4, 0.5) is 0 Å². The summed E-state index contributed by atoms with van der Waals surface area (Å²) in [7, 11) is 4.19. The lowest BCUT2D eigenvalue weighted by Crippen LogP contribution is -2.33. The van der Waals surface area contributed by atoms with Crippen LogP contribution < -0.4 is 5.32 Å². The van der Waals surface area contributed by atoms with Crippen molar-refractivity contribution in [3.05, 3.63) is 0 Å². The summed E-state index contributed by atoms with van der Waals surface area (Å²) in [4.78, 5) is 2.19. The lowest BCUT2D eigenvalue weighted by molar-refractivity contribution is 0.386. The Morgan fingerprint density at radius 3 is 2.55 bits per heavy atom. The lowest BCUT2D eigenvalue weighted by atomic mass is 10.2. The molecule has 0 aromatic heterocycles. The van der Waals surface area contributed by atoms with Crippen LogP contribution in [0.2, 0.25) is 0 Å². The molecule has 1 unspecified atom stereocenters. The largest absolute Gasteiger partial charge is 0.313 e. The zero-order chi connectivity index (χ0) is 8.69. The van der Waals surface area contributed by atoms with Gasteiger partial charge < -0.3 is 10.2 Å². The molecule has 11 heavy (non-hydrogen) atoms. The Bertz CT molecular complexity index is 86.2. The second kappa shape index (κ2) is 7.07. The van der Waals surface area contributed by atoms with Crippen molar-refractivity contribution in [3.8, 4) is 0 Å². The number of likely N-dealkylation sites (N-methyl/N-ethyl adjacent to an activating group) is 1. The van der Waals surface area contributed by atoms with E-state index in [1.54, 1.807) is 0 Å². The first-order valence-electron chi connectivity index (χ1n) is 4.11. The molecule has 1 N–H and O–H groups in total. The number of nitrogens with one attached hydrogen (secondary N) is 1. The number of hydrogen-bond donors (Lipinski definition) is 1. The molecule has 0 heterocycles. The number of nitrogens with zero attached hydrogens (tertiary/aromatic N) is 1. The van der Waals surface area contributed by atoms with E-state index in [0.29, 0.717) is 6.04 Å². The van der Waals surface area contributed by atoms with E-state index < -0.39 is 0 Å². The highest BCUT2D eigenvalue weighted by atomic mass is 79.9. The average molecular weight is 223 g/mol. The quantitative estimate of drug-likeness (QED) is 0.683. The monoisotopic (exact) mass is 222 g/mol. The molecule has 0 amide bonds. The van der Waals surface area contributed by atoms with Crippen molar-refractivity contribution >= 4 is 15.9 Å². The smallest absolute Gasteiger partial charge is 0.0101 e. The number of hydrogen-bond acceptors (Lipinski definition) is 2. The van der Waals surface area contributed by atoms with Gasteiger partial charge in [-0.2, -0.15) is 0 Å². The molecule has 0 saturated heterocycles. The third-order valence-electron chi connectivity index (χ3n) is 1.59. The van der Waals surface area contributed by atoms with Gasteiger partial charge in [-0.3, -0.25) is 0 Å². The first-order chi connectivity index (χ1) is 5.16. The van der Waals surface area contributed by atoms with E-state index in [2.05, 4.69) is 47.2 Å². The minimum atomic E-state index is 0.634. The van der Waals surface area contributed by atoms with Gasteiger partial charge in [-0.25, -0.2) is 0 Å². The van der Waals surface area contributed by atoms with Crippen LogP contribution in [0.25, 0.3) is 0 Å². The molecular formula is C8H19BrN2. The topological polar surface area (TPSA) is 15.3 Å². The highest BCUT2D eigenvalue weighted by Gasteiger charge is 1.98. The Kier molecular flexibility index (Phi) is 7.33. The van der Waals surface area contributed by atoms with Gasteiger partial charge in [-0.1, -0.05) is 15.9 Å². The summed E-state index contributed by atoms with van der Waals surface area (Å²) >= 11 is 3.42. The van der Waals surface area contributed by atoms with E-state index >= 15 is 0 Å². The molecule has 1 atom stereocenters. The van der Waals surface area contributed by atoms with Crippen LogP contribution in [0.3, 0.4) is 0 Å². The van der Waals surface area contributed by atoms with Crippen LogP contribution in [0.5, 0.6) is 0 Å². The van der Waals surface area contributed by atoms with Gasteiger partial charge in [0, 0.05) is 24.5 Å². The fraction of sp³-hybridized carbons (Fsp3) is 1.00. The Morgan fingerprint density at radius 2 is 2.09 bits per heavy atom. The van der Waals surface area contributed by atoms with Gasteiger partial charge >= 0.3 is 0 Å². The molecule has 0 aromatic rings. The van der Waals surface area contributed by atoms with Crippen LogP contribution in [-0.4, -0.2) is 43.5 Å². The van der Waals surface area contributed by atoms with Crippen molar-refractivity contribution in [2.75, 3.05) is 32.5 Å². The fourth-order valence-corrected chi connectivity index (χ4v) is 1.49. The van der Waals surface area contributed by atoms with Crippen LogP contribution in [-0.2, 0) is 0 Å². The molecule has 68 valence electrons. The van der Waals surface area contributed by atoms with Gasteiger partial charge in [0.25, 0.3) is 0 Å². The first kappa shape index (κ1) is 11.4. The maximum absolute atomic E-state index is 3.44. The van der Waals surface area contributed by atoms with Gasteiger partial charge in [-0.15, -0.1) is 0 Å². The first-order valence-corrected chi connectivity index (χ1v) is 5.23. The number of alkyl halides is 1. The summed E-state index contributed by atoms with van der Waals surface area (Å²) in [5.74, 6) is 0. The van der Waals surface area contributed by atoms with E-state index in [1.165, 1.54) is 6.42 Å². The van der Waals surface area contributed by atoms with Gasteiger partial charge in [-0.05, 0) is 27.4 Å². The third kappa shape index (κ3) is 8.30. The fourth-order valence-electron chi connectivity index (χ4n) is 0.800. The highest BCUT2D eigenvalue weighted by molar-refractivity contribution is 9.09. The molecule has 3 heteroatoms. The van der Waals surface area contributed by atoms with Gasteiger partial charge in [0.1, 0.15) is 0 Å². The van der Waals surface area contributed by atoms with Crippen LogP contribution in [0.1, 0.15) is 13.3 Å². The second-order valence-electron chi connectivity index (χ2n) is 3.14. The van der Waals surface area contributed by atoms with Crippen LogP contribution >= 0.6 is 15.9 Å². The Balaban J connectivity index is 3.10. The summed E-state index contributed by atoms with van der Waals surface area (Å²) in [5, 5.41) is 4.53. The number of rotatable bonds is 6. The standard InChI is InChI=1S/C8H19BrN2/c1-8(4-5-9)10-6-7-11(2)3/h8,10H,4-7H2,1-3H3. The minimum Gasteiger partial charge on any atom is -0.313 e. The van der Waals surface area contributed by atoms with Crippen LogP contribution in [0.15, 0.2) is 0 Å². The van der Waals surface area contributed by atoms with Gasteiger partial charge in [0.15, 0.2) is 0 Å². The Morgan fingerprint density at radius 1 is 1.45 bits per heavy atom. The van der Waals surface area contributed by atoms with Gasteiger partial charge in [0.05, 0.1) is 0 Å². The molecule has 0 fully saturated rings. The average Bonchev–Trinajstić information content (AvgIpc) is 1.87. The summed E-state index contributed by atoms with van der Waals surface area (Å²) in [6.07, 6.45) is 1.20. The predicted molar refractivity (Wildman–Crippen MR) is 54.4 cm³/mol. The Hall–Kier alpha value is 0.400. The van der Waals surface area contributed by atoms with Crippen molar-refractivity contribution in [1.29, 1.82) is 0 Å². The molecule has 0 aliphatic carbocycles. The van der Waals surface area contributed by atoms with Crippen molar-refractivity contribution in [1.82, 2.24) is 10.2 Å². The predicted octanol–water partition coefficient (Wildman–Crippen LogP) is 1.31. The molecular weight excluding hydrogens is 204 g/mol. The molecule has 0 spiro atoms. The molecule has 0 saturated carbocycles. The SMILES string of the molecule is CC(CCBr)NCCN(C)C. The summed E-state index contributed by atoms with van der Waals surface area (Å²) in [6, 6.07) is 0.634. The van der Waals surface area contributed by atoms with Gasteiger partial charge in [0.2, 0.25) is 0 Å². The zero-order valence-corrected chi connectivity index (χ0v) is 9.32. The van der Waals surface area contributed by atoms with Crippen molar-refractivity contribution in [3.63, 3.8) is 0 Å². The van der Waals surface area contributed by atoms with E-state index in [9.17, 15) is 0 Å². The molecule has 0 aliphatic heterocycles. The maximum atomic E-state index is 3.44. The van der Waals surface area contributed by atoms with E-state index in [0.717, 1.165) is 18.4 Å². The highest BCUT2D eigenvalue weighted by Crippen LogP contribution is 1.93. The van der Waals surface area contributed by atoms with E-state index in [-0.39, 0.29) is 0 Å². The summed E-state index contributed by atoms with van der Waals surface area (Å²) in [6.45, 7) is 4.42. The number of halogens is 1. The van der Waals surface area contributed by atoms with Crippen molar-refractivity contribution in [2.45, 2.75) is 19.4 Å². The molecule has 0 rings (SSSR count). The normalized spacial score (nSPS) is 13.9. The molecule has 0 radical (unpaired) electrons. The lowest BCUT2D eigenvalue weighted by Gasteiger charge is -2.14. The molecule has 0 bridgehead atoms. The van der Waals surface area contributed by atoms with Crippen molar-refractivity contribution in [2.24, 2.45) is 0 Å². The molecule has 2 nitrogen and oxygen atoms in total. The zero-order valence-electron chi connectivity index (χ0n) is 7.73. The summed E-state index contributed by atoms with van der Waals surface area (Å²) < 4.78 is 0.